The number of nitriles is 1. The molecule has 0 aliphatic heterocycles. The van der Waals surface area contributed by atoms with Gasteiger partial charge in [0.25, 0.3) is 0 Å². The minimum atomic E-state index is -3.48. The normalized spacial score (nSPS) is 14.6. The number of aliphatic hydroxyl groups excluding tert-OH is 1. The van der Waals surface area contributed by atoms with Gasteiger partial charge in [0.1, 0.15) is 0 Å². The monoisotopic (exact) mass is 282 g/mol. The molecule has 0 saturated carbocycles. The highest BCUT2D eigenvalue weighted by atomic mass is 32.2. The molecule has 0 aromatic heterocycles. The van der Waals surface area contributed by atoms with Crippen LogP contribution < -0.4 is 4.72 Å². The zero-order valence-corrected chi connectivity index (χ0v) is 11.8. The molecule has 1 aromatic rings. The van der Waals surface area contributed by atoms with E-state index < -0.39 is 10.0 Å². The van der Waals surface area contributed by atoms with E-state index in [4.69, 9.17) is 10.4 Å². The fourth-order valence-electron chi connectivity index (χ4n) is 1.55. The summed E-state index contributed by atoms with van der Waals surface area (Å²) in [6, 6.07) is 8.14. The van der Waals surface area contributed by atoms with Crippen LogP contribution in [0, 0.1) is 17.2 Å². The van der Waals surface area contributed by atoms with Gasteiger partial charge in [0.2, 0.25) is 10.0 Å². The Morgan fingerprint density at radius 2 is 2.11 bits per heavy atom. The number of nitrogens with one attached hydrogen (secondary N) is 1. The van der Waals surface area contributed by atoms with Crippen LogP contribution in [0.3, 0.4) is 0 Å². The number of hydrogen-bond donors (Lipinski definition) is 2. The van der Waals surface area contributed by atoms with Gasteiger partial charge in [0.05, 0.1) is 17.4 Å². The highest BCUT2D eigenvalue weighted by molar-refractivity contribution is 7.88. The molecule has 0 fully saturated rings. The molecule has 2 N–H and O–H groups in total. The first-order valence-electron chi connectivity index (χ1n) is 5.98. The summed E-state index contributed by atoms with van der Waals surface area (Å²) in [4.78, 5) is 0. The van der Waals surface area contributed by atoms with Crippen molar-refractivity contribution < 1.29 is 13.5 Å². The summed E-state index contributed by atoms with van der Waals surface area (Å²) < 4.78 is 26.4. The van der Waals surface area contributed by atoms with E-state index in [1.165, 1.54) is 0 Å². The van der Waals surface area contributed by atoms with E-state index in [0.29, 0.717) is 11.1 Å². The Hall–Kier alpha value is -1.42. The van der Waals surface area contributed by atoms with Crippen LogP contribution in [0.25, 0.3) is 0 Å². The smallest absolute Gasteiger partial charge is 0.216 e. The van der Waals surface area contributed by atoms with Crippen LogP contribution >= 0.6 is 0 Å². The highest BCUT2D eigenvalue weighted by Gasteiger charge is 2.19. The summed E-state index contributed by atoms with van der Waals surface area (Å²) in [6.07, 6.45) is 0. The molecule has 1 aromatic carbocycles. The maximum atomic E-state index is 12.0. The van der Waals surface area contributed by atoms with Gasteiger partial charge in [-0.2, -0.15) is 5.26 Å². The largest absolute Gasteiger partial charge is 0.396 e. The van der Waals surface area contributed by atoms with Crippen molar-refractivity contribution in [3.05, 3.63) is 35.4 Å². The molecule has 6 heteroatoms. The summed E-state index contributed by atoms with van der Waals surface area (Å²) in [5.74, 6) is -0.328. The number of rotatable bonds is 6. The molecule has 0 bridgehead atoms. The van der Waals surface area contributed by atoms with Crippen molar-refractivity contribution in [1.29, 1.82) is 5.26 Å². The average Bonchev–Trinajstić information content (AvgIpc) is 2.36. The molecule has 0 aliphatic carbocycles. The van der Waals surface area contributed by atoms with E-state index >= 15 is 0 Å². The highest BCUT2D eigenvalue weighted by Crippen LogP contribution is 2.10. The first kappa shape index (κ1) is 15.6. The van der Waals surface area contributed by atoms with Crippen molar-refractivity contribution in [2.45, 2.75) is 25.6 Å². The van der Waals surface area contributed by atoms with Gasteiger partial charge in [-0.25, -0.2) is 13.1 Å². The predicted octanol–water partition coefficient (Wildman–Crippen LogP) is 0.995. The molecule has 0 spiro atoms. The summed E-state index contributed by atoms with van der Waals surface area (Å²) in [5.41, 5.74) is 1.000. The lowest BCUT2D eigenvalue weighted by molar-refractivity contribution is 0.216. The second-order valence-corrected chi connectivity index (χ2v) is 6.39. The van der Waals surface area contributed by atoms with E-state index in [0.717, 1.165) is 0 Å². The molecule has 0 aliphatic rings. The van der Waals surface area contributed by atoms with Crippen molar-refractivity contribution in [3.8, 4) is 6.07 Å². The summed E-state index contributed by atoms with van der Waals surface area (Å²) >= 11 is 0. The fraction of sp³-hybridized carbons (Fsp3) is 0.462. The van der Waals surface area contributed by atoms with E-state index in [9.17, 15) is 8.42 Å². The molecule has 5 nitrogen and oxygen atoms in total. The molecule has 0 amide bonds. The Labute approximate surface area is 113 Å². The van der Waals surface area contributed by atoms with E-state index in [1.807, 2.05) is 6.07 Å². The van der Waals surface area contributed by atoms with Gasteiger partial charge in [-0.3, -0.25) is 0 Å². The van der Waals surface area contributed by atoms with Crippen LogP contribution in [0.1, 0.15) is 25.0 Å². The molecule has 2 atom stereocenters. The van der Waals surface area contributed by atoms with Crippen LogP contribution in [0.2, 0.25) is 0 Å². The zero-order valence-electron chi connectivity index (χ0n) is 11.0. The van der Waals surface area contributed by atoms with Gasteiger partial charge >= 0.3 is 0 Å². The molecule has 1 rings (SSSR count). The van der Waals surface area contributed by atoms with Crippen LogP contribution in [0.15, 0.2) is 24.3 Å². The zero-order chi connectivity index (χ0) is 14.5. The lowest BCUT2D eigenvalue weighted by atomic mass is 10.1. The molecular formula is C13H18N2O3S. The van der Waals surface area contributed by atoms with Crippen LogP contribution in [0.4, 0.5) is 0 Å². The number of sulfonamides is 1. The number of hydrogen-bond acceptors (Lipinski definition) is 4. The van der Waals surface area contributed by atoms with E-state index in [1.54, 1.807) is 38.1 Å². The third-order valence-corrected chi connectivity index (χ3v) is 4.36. The summed E-state index contributed by atoms with van der Waals surface area (Å²) in [5, 5.41) is 17.8. The standard InChI is InChI=1S/C13H18N2O3S/c1-10(8-16)11(2)15-19(17,18)9-13-5-3-4-12(6-13)7-14/h3-6,10-11,15-16H,8-9H2,1-2H3. The maximum Gasteiger partial charge on any atom is 0.216 e. The summed E-state index contributed by atoms with van der Waals surface area (Å²) in [7, 11) is -3.48. The van der Waals surface area contributed by atoms with Crippen molar-refractivity contribution in [1.82, 2.24) is 4.72 Å². The molecule has 0 radical (unpaired) electrons. The summed E-state index contributed by atoms with van der Waals surface area (Å²) in [6.45, 7) is 3.40. The first-order chi connectivity index (χ1) is 8.88. The number of nitrogens with zero attached hydrogens (tertiary/aromatic N) is 1. The quantitative estimate of drug-likeness (QED) is 0.814. The van der Waals surface area contributed by atoms with Crippen molar-refractivity contribution in [2.24, 2.45) is 5.92 Å². The van der Waals surface area contributed by atoms with E-state index in [2.05, 4.69) is 4.72 Å². The molecule has 2 unspecified atom stereocenters. The molecular weight excluding hydrogens is 264 g/mol. The third-order valence-electron chi connectivity index (χ3n) is 2.92. The van der Waals surface area contributed by atoms with Gasteiger partial charge in [-0.05, 0) is 30.5 Å². The Balaban J connectivity index is 2.77. The lowest BCUT2D eigenvalue weighted by Gasteiger charge is -2.19. The van der Waals surface area contributed by atoms with Crippen molar-refractivity contribution >= 4 is 10.0 Å². The topological polar surface area (TPSA) is 90.2 Å². The second kappa shape index (κ2) is 6.66. The van der Waals surface area contributed by atoms with Gasteiger partial charge in [-0.1, -0.05) is 19.1 Å². The van der Waals surface area contributed by atoms with Gasteiger partial charge in [0.15, 0.2) is 0 Å². The first-order valence-corrected chi connectivity index (χ1v) is 7.63. The molecule has 0 heterocycles. The predicted molar refractivity (Wildman–Crippen MR) is 72.6 cm³/mol. The molecule has 0 saturated heterocycles. The lowest BCUT2D eigenvalue weighted by Crippen LogP contribution is -2.38. The van der Waals surface area contributed by atoms with Gasteiger partial charge in [0, 0.05) is 12.6 Å². The minimum Gasteiger partial charge on any atom is -0.396 e. The van der Waals surface area contributed by atoms with Gasteiger partial charge in [-0.15, -0.1) is 0 Å². The van der Waals surface area contributed by atoms with Crippen LogP contribution in [-0.4, -0.2) is 26.2 Å². The molecule has 19 heavy (non-hydrogen) atoms. The van der Waals surface area contributed by atoms with E-state index in [-0.39, 0.29) is 24.3 Å². The SMILES string of the molecule is CC(CO)C(C)NS(=O)(=O)Cc1cccc(C#N)c1. The van der Waals surface area contributed by atoms with Gasteiger partial charge < -0.3 is 5.11 Å². The Kier molecular flexibility index (Phi) is 5.48. The third kappa shape index (κ3) is 4.99. The van der Waals surface area contributed by atoms with Crippen LogP contribution in [-0.2, 0) is 15.8 Å². The van der Waals surface area contributed by atoms with Crippen LogP contribution in [0.5, 0.6) is 0 Å². The Bertz CT molecular complexity index is 563. The minimum absolute atomic E-state index is 0.0758. The number of benzene rings is 1. The average molecular weight is 282 g/mol. The van der Waals surface area contributed by atoms with Crippen molar-refractivity contribution in [2.75, 3.05) is 6.61 Å². The maximum absolute atomic E-state index is 12.0. The Morgan fingerprint density at radius 3 is 2.68 bits per heavy atom. The Morgan fingerprint density at radius 1 is 1.42 bits per heavy atom. The molecule has 104 valence electrons. The second-order valence-electron chi connectivity index (χ2n) is 4.64. The fourth-order valence-corrected chi connectivity index (χ4v) is 3.05. The number of aliphatic hydroxyl groups is 1. The van der Waals surface area contributed by atoms with Crippen molar-refractivity contribution in [3.63, 3.8) is 0 Å².